The number of hydrogen-bond donors (Lipinski definition) is 0. The van der Waals surface area contributed by atoms with Crippen LogP contribution in [0.15, 0.2) is 67.3 Å². The average Bonchev–Trinajstić information content (AvgIpc) is 3.36. The zero-order chi connectivity index (χ0) is 17.3. The molecular weight excluding hydrogens is 324 g/mol. The fraction of sp³-hybridized carbons (Fsp3) is 0.200. The molecule has 4 aromatic rings. The van der Waals surface area contributed by atoms with Gasteiger partial charge in [-0.05, 0) is 37.1 Å². The van der Waals surface area contributed by atoms with E-state index in [9.17, 15) is 0 Å². The monoisotopic (exact) mass is 342 g/mol. The quantitative estimate of drug-likeness (QED) is 0.570. The van der Waals surface area contributed by atoms with Crippen LogP contribution in [0.3, 0.4) is 0 Å². The van der Waals surface area contributed by atoms with Crippen LogP contribution in [0.5, 0.6) is 0 Å². The third kappa shape index (κ3) is 2.42. The molecule has 1 aliphatic heterocycles. The highest BCUT2D eigenvalue weighted by atomic mass is 15.3. The van der Waals surface area contributed by atoms with E-state index in [1.54, 1.807) is 6.33 Å². The van der Waals surface area contributed by atoms with Crippen molar-refractivity contribution in [3.05, 3.63) is 72.9 Å². The van der Waals surface area contributed by atoms with Crippen LogP contribution in [0.1, 0.15) is 24.6 Å². The van der Waals surface area contributed by atoms with E-state index in [1.165, 1.54) is 0 Å². The minimum Gasteiger partial charge on any atom is -0.347 e. The van der Waals surface area contributed by atoms with Crippen molar-refractivity contribution < 1.29 is 0 Å². The first-order valence-electron chi connectivity index (χ1n) is 8.83. The van der Waals surface area contributed by atoms with Gasteiger partial charge in [-0.25, -0.2) is 14.6 Å². The highest BCUT2D eigenvalue weighted by Crippen LogP contribution is 2.37. The van der Waals surface area contributed by atoms with Crippen LogP contribution >= 0.6 is 0 Å². The van der Waals surface area contributed by atoms with Crippen LogP contribution in [-0.4, -0.2) is 31.3 Å². The van der Waals surface area contributed by atoms with Crippen molar-refractivity contribution >= 4 is 16.9 Å². The van der Waals surface area contributed by atoms with Crippen LogP contribution < -0.4 is 4.90 Å². The van der Waals surface area contributed by atoms with Gasteiger partial charge in [-0.2, -0.15) is 5.10 Å². The van der Waals surface area contributed by atoms with E-state index in [0.717, 1.165) is 47.6 Å². The summed E-state index contributed by atoms with van der Waals surface area (Å²) in [4.78, 5) is 16.0. The number of benzene rings is 1. The van der Waals surface area contributed by atoms with Crippen LogP contribution in [0, 0.1) is 0 Å². The lowest BCUT2D eigenvalue weighted by Crippen LogP contribution is -2.24. The van der Waals surface area contributed by atoms with Crippen molar-refractivity contribution in [2.24, 2.45) is 0 Å². The summed E-state index contributed by atoms with van der Waals surface area (Å²) in [7, 11) is 0. The summed E-state index contributed by atoms with van der Waals surface area (Å²) in [6.07, 6.45) is 7.56. The lowest BCUT2D eigenvalue weighted by Gasteiger charge is -2.25. The van der Waals surface area contributed by atoms with Gasteiger partial charge in [0.15, 0.2) is 5.65 Å². The number of nitrogens with zero attached hydrogens (tertiary/aromatic N) is 6. The fourth-order valence-electron chi connectivity index (χ4n) is 3.72. The van der Waals surface area contributed by atoms with E-state index in [-0.39, 0.29) is 6.04 Å². The molecule has 6 nitrogen and oxygen atoms in total. The summed E-state index contributed by atoms with van der Waals surface area (Å²) in [5.41, 5.74) is 2.91. The van der Waals surface area contributed by atoms with Crippen molar-refractivity contribution in [2.45, 2.75) is 18.9 Å². The van der Waals surface area contributed by atoms with E-state index in [1.807, 2.05) is 59.5 Å². The largest absolute Gasteiger partial charge is 0.347 e. The number of rotatable bonds is 3. The fourth-order valence-corrected chi connectivity index (χ4v) is 3.72. The van der Waals surface area contributed by atoms with E-state index >= 15 is 0 Å². The molecule has 1 aliphatic rings. The normalized spacial score (nSPS) is 17.1. The lowest BCUT2D eigenvalue weighted by atomic mass is 10.1. The van der Waals surface area contributed by atoms with Gasteiger partial charge in [-0.3, -0.25) is 4.98 Å². The third-order valence-corrected chi connectivity index (χ3v) is 4.90. The second-order valence-corrected chi connectivity index (χ2v) is 6.43. The number of para-hydroxylation sites is 1. The van der Waals surface area contributed by atoms with Crippen molar-refractivity contribution in [1.29, 1.82) is 0 Å². The van der Waals surface area contributed by atoms with Crippen molar-refractivity contribution in [1.82, 2.24) is 24.7 Å². The summed E-state index contributed by atoms with van der Waals surface area (Å²) in [6, 6.07) is 16.4. The molecule has 0 N–H and O–H groups in total. The molecule has 3 aromatic heterocycles. The van der Waals surface area contributed by atoms with E-state index < -0.39 is 0 Å². The molecule has 4 heterocycles. The Hall–Kier alpha value is -3.28. The lowest BCUT2D eigenvalue weighted by molar-refractivity contribution is 0.689. The molecule has 1 saturated heterocycles. The molecule has 0 aliphatic carbocycles. The predicted octanol–water partition coefficient (Wildman–Crippen LogP) is 3.55. The van der Waals surface area contributed by atoms with Crippen LogP contribution in [-0.2, 0) is 0 Å². The second-order valence-electron chi connectivity index (χ2n) is 6.43. The maximum Gasteiger partial charge on any atom is 0.168 e. The van der Waals surface area contributed by atoms with Crippen LogP contribution in [0.25, 0.3) is 16.7 Å². The molecule has 0 radical (unpaired) electrons. The Morgan fingerprint density at radius 1 is 0.923 bits per heavy atom. The molecule has 26 heavy (non-hydrogen) atoms. The molecule has 1 atom stereocenters. The van der Waals surface area contributed by atoms with Gasteiger partial charge < -0.3 is 4.90 Å². The number of aromatic nitrogens is 5. The highest BCUT2D eigenvalue weighted by molar-refractivity contribution is 5.88. The third-order valence-electron chi connectivity index (χ3n) is 4.90. The van der Waals surface area contributed by atoms with Gasteiger partial charge in [0.2, 0.25) is 0 Å². The SMILES string of the molecule is c1ccc(-n2ncc3c(N4CCC[C@H]4c4ccccn4)ncnc32)cc1. The van der Waals surface area contributed by atoms with E-state index in [4.69, 9.17) is 0 Å². The molecule has 128 valence electrons. The van der Waals surface area contributed by atoms with E-state index in [0.29, 0.717) is 0 Å². The number of pyridine rings is 1. The first-order chi connectivity index (χ1) is 12.9. The Morgan fingerprint density at radius 2 is 1.81 bits per heavy atom. The first kappa shape index (κ1) is 15.0. The highest BCUT2D eigenvalue weighted by Gasteiger charge is 2.30. The Morgan fingerprint density at radius 3 is 2.65 bits per heavy atom. The number of fused-ring (bicyclic) bond motifs is 1. The minimum atomic E-state index is 0.245. The molecular formula is C20H18N6. The maximum absolute atomic E-state index is 4.61. The predicted molar refractivity (Wildman–Crippen MR) is 100 cm³/mol. The number of hydrogen-bond acceptors (Lipinski definition) is 5. The van der Waals surface area contributed by atoms with Gasteiger partial charge in [0.25, 0.3) is 0 Å². The maximum atomic E-state index is 4.61. The minimum absolute atomic E-state index is 0.245. The molecule has 0 bridgehead atoms. The Balaban J connectivity index is 1.61. The summed E-state index contributed by atoms with van der Waals surface area (Å²) in [6.45, 7) is 0.962. The van der Waals surface area contributed by atoms with Gasteiger partial charge in [0.05, 0.1) is 29.0 Å². The van der Waals surface area contributed by atoms with Crippen LogP contribution in [0.2, 0.25) is 0 Å². The van der Waals surface area contributed by atoms with Gasteiger partial charge in [-0.1, -0.05) is 24.3 Å². The van der Waals surface area contributed by atoms with Crippen molar-refractivity contribution in [3.63, 3.8) is 0 Å². The summed E-state index contributed by atoms with van der Waals surface area (Å²) in [5, 5.41) is 5.54. The average molecular weight is 342 g/mol. The zero-order valence-corrected chi connectivity index (χ0v) is 14.2. The topological polar surface area (TPSA) is 59.7 Å². The molecule has 1 fully saturated rings. The van der Waals surface area contributed by atoms with Gasteiger partial charge in [-0.15, -0.1) is 0 Å². The van der Waals surface area contributed by atoms with Gasteiger partial charge in [0, 0.05) is 12.7 Å². The molecule has 5 rings (SSSR count). The first-order valence-corrected chi connectivity index (χ1v) is 8.83. The molecule has 0 unspecified atom stereocenters. The Labute approximate surface area is 151 Å². The Bertz CT molecular complexity index is 1030. The second kappa shape index (κ2) is 6.22. The van der Waals surface area contributed by atoms with E-state index in [2.05, 4.69) is 31.0 Å². The smallest absolute Gasteiger partial charge is 0.168 e. The summed E-state index contributed by atoms with van der Waals surface area (Å²) >= 11 is 0. The number of anilines is 1. The molecule has 0 spiro atoms. The summed E-state index contributed by atoms with van der Waals surface area (Å²) in [5.74, 6) is 0.935. The van der Waals surface area contributed by atoms with Crippen molar-refractivity contribution in [3.8, 4) is 5.69 Å². The van der Waals surface area contributed by atoms with Crippen LogP contribution in [0.4, 0.5) is 5.82 Å². The van der Waals surface area contributed by atoms with Crippen molar-refractivity contribution in [2.75, 3.05) is 11.4 Å². The van der Waals surface area contributed by atoms with Gasteiger partial charge in [0.1, 0.15) is 12.1 Å². The Kier molecular flexibility index (Phi) is 3.59. The summed E-state index contributed by atoms with van der Waals surface area (Å²) < 4.78 is 1.87. The standard InChI is InChI=1S/C20H18N6/c1-2-7-15(8-3-1)26-20-16(13-24-26)19(22-14-23-20)25-12-6-10-18(25)17-9-4-5-11-21-17/h1-5,7-9,11,13-14,18H,6,10,12H2/t18-/m0/s1. The molecule has 0 saturated carbocycles. The zero-order valence-electron chi connectivity index (χ0n) is 14.2. The molecule has 1 aromatic carbocycles. The molecule has 6 heteroatoms. The van der Waals surface area contributed by atoms with Gasteiger partial charge >= 0.3 is 0 Å². The molecule has 0 amide bonds.